The van der Waals surface area contributed by atoms with E-state index in [0.29, 0.717) is 23.7 Å². The second-order valence-corrected chi connectivity index (χ2v) is 7.22. The fourth-order valence-electron chi connectivity index (χ4n) is 3.33. The van der Waals surface area contributed by atoms with E-state index in [0.717, 1.165) is 36.2 Å². The van der Waals surface area contributed by atoms with Crippen molar-refractivity contribution in [1.82, 2.24) is 9.58 Å². The maximum atomic E-state index is 12.3. The Kier molecular flexibility index (Phi) is 7.11. The van der Waals surface area contributed by atoms with Gasteiger partial charge in [-0.25, -0.2) is 0 Å². The van der Waals surface area contributed by atoms with Crippen molar-refractivity contribution in [2.24, 2.45) is 5.10 Å². The number of rotatable bonds is 7. The van der Waals surface area contributed by atoms with Gasteiger partial charge in [-0.05, 0) is 68.5 Å². The van der Waals surface area contributed by atoms with Crippen molar-refractivity contribution >= 4 is 17.9 Å². The molecule has 8 heteroatoms. The molecular weight excluding hydrogens is 384 g/mol. The molecule has 160 valence electrons. The Hall–Kier alpha value is -3.29. The first-order valence-electron chi connectivity index (χ1n) is 10.2. The molecule has 0 atom stereocenters. The first-order valence-corrected chi connectivity index (χ1v) is 10.2. The van der Waals surface area contributed by atoms with Crippen LogP contribution in [0.4, 0.5) is 5.82 Å². The summed E-state index contributed by atoms with van der Waals surface area (Å²) in [5, 5.41) is 4.18. The Bertz CT molecular complexity index is 978. The van der Waals surface area contributed by atoms with Crippen molar-refractivity contribution < 1.29 is 14.3 Å². The molecule has 0 saturated carbocycles. The maximum Gasteiger partial charge on any atom is 0.273 e. The predicted molar refractivity (Wildman–Crippen MR) is 116 cm³/mol. The van der Waals surface area contributed by atoms with Crippen LogP contribution in [0.3, 0.4) is 0 Å². The van der Waals surface area contributed by atoms with Crippen molar-refractivity contribution in [1.29, 1.82) is 0 Å². The summed E-state index contributed by atoms with van der Waals surface area (Å²) in [6, 6.07) is 8.42. The number of pyridine rings is 1. The number of likely N-dealkylation sites (tertiary alicyclic amines) is 1. The first kappa shape index (κ1) is 21.4. The number of carbonyl (C=O) groups is 1. The van der Waals surface area contributed by atoms with E-state index in [4.69, 9.17) is 15.2 Å². The van der Waals surface area contributed by atoms with E-state index in [1.165, 1.54) is 18.7 Å². The molecule has 0 aliphatic carbocycles. The lowest BCUT2D eigenvalue weighted by molar-refractivity contribution is -0.134. The van der Waals surface area contributed by atoms with Gasteiger partial charge in [0.05, 0.1) is 12.8 Å². The van der Waals surface area contributed by atoms with Crippen molar-refractivity contribution in [2.45, 2.75) is 33.1 Å². The summed E-state index contributed by atoms with van der Waals surface area (Å²) in [4.78, 5) is 26.3. The van der Waals surface area contributed by atoms with E-state index in [2.05, 4.69) is 5.10 Å². The molecule has 30 heavy (non-hydrogen) atoms. The van der Waals surface area contributed by atoms with Crippen LogP contribution in [0.2, 0.25) is 0 Å². The van der Waals surface area contributed by atoms with Gasteiger partial charge in [-0.2, -0.15) is 9.78 Å². The molecule has 0 radical (unpaired) electrons. The second kappa shape index (κ2) is 9.96. The normalized spacial score (nSPS) is 14.1. The third-order valence-corrected chi connectivity index (χ3v) is 4.83. The molecule has 0 bridgehead atoms. The molecule has 1 aromatic heterocycles. The van der Waals surface area contributed by atoms with Crippen LogP contribution in [0, 0.1) is 6.92 Å². The molecular formula is C22H28N4O4. The molecule has 8 nitrogen and oxygen atoms in total. The van der Waals surface area contributed by atoms with Crippen LogP contribution in [-0.4, -0.2) is 48.0 Å². The number of ether oxygens (including phenoxy) is 2. The number of aromatic nitrogens is 1. The zero-order chi connectivity index (χ0) is 21.5. The number of benzene rings is 1. The lowest BCUT2D eigenvalue weighted by Gasteiger charge is -2.26. The summed E-state index contributed by atoms with van der Waals surface area (Å²) in [6.07, 6.45) is 4.78. The Balaban J connectivity index is 1.73. The van der Waals surface area contributed by atoms with E-state index in [-0.39, 0.29) is 23.9 Å². The number of aryl methyl sites for hydroxylation is 1. The van der Waals surface area contributed by atoms with Crippen molar-refractivity contribution in [2.75, 3.05) is 32.0 Å². The molecule has 0 unspecified atom stereocenters. The Morgan fingerprint density at radius 2 is 1.90 bits per heavy atom. The van der Waals surface area contributed by atoms with Gasteiger partial charge < -0.3 is 20.1 Å². The monoisotopic (exact) mass is 412 g/mol. The molecule has 0 spiro atoms. The van der Waals surface area contributed by atoms with Gasteiger partial charge in [0.25, 0.3) is 11.5 Å². The second-order valence-electron chi connectivity index (χ2n) is 7.22. The summed E-state index contributed by atoms with van der Waals surface area (Å²) < 4.78 is 12.5. The van der Waals surface area contributed by atoms with Crippen LogP contribution in [0.5, 0.6) is 11.5 Å². The predicted octanol–water partition coefficient (Wildman–Crippen LogP) is 2.41. The van der Waals surface area contributed by atoms with Crippen LogP contribution in [-0.2, 0) is 4.79 Å². The van der Waals surface area contributed by atoms with Crippen LogP contribution < -0.4 is 20.8 Å². The van der Waals surface area contributed by atoms with E-state index >= 15 is 0 Å². The number of hydrogen-bond acceptors (Lipinski definition) is 6. The number of carbonyl (C=O) groups excluding carboxylic acids is 1. The molecule has 1 aliphatic heterocycles. The number of anilines is 1. The number of piperidine rings is 1. The highest BCUT2D eigenvalue weighted by atomic mass is 16.5. The molecule has 2 heterocycles. The standard InChI is InChI=1S/C22H28N4O4/c1-3-29-19-13-17(14-24-26-20(23)11-16(2)12-21(26)27)7-8-18(19)30-15-22(28)25-9-5-4-6-10-25/h7-8,11-14H,3-6,9-10,15,23H2,1-2H3/b24-14-. The summed E-state index contributed by atoms with van der Waals surface area (Å²) in [5.41, 5.74) is 7.07. The van der Waals surface area contributed by atoms with E-state index < -0.39 is 0 Å². The summed E-state index contributed by atoms with van der Waals surface area (Å²) in [6.45, 7) is 5.67. The van der Waals surface area contributed by atoms with Gasteiger partial charge >= 0.3 is 0 Å². The quantitative estimate of drug-likeness (QED) is 0.704. The Morgan fingerprint density at radius 1 is 1.13 bits per heavy atom. The molecule has 2 N–H and O–H groups in total. The number of amides is 1. The Morgan fingerprint density at radius 3 is 2.60 bits per heavy atom. The minimum atomic E-state index is -0.301. The van der Waals surface area contributed by atoms with Gasteiger partial charge in [-0.15, -0.1) is 0 Å². The minimum Gasteiger partial charge on any atom is -0.490 e. The van der Waals surface area contributed by atoms with Gasteiger partial charge in [0.15, 0.2) is 18.1 Å². The lowest BCUT2D eigenvalue weighted by atomic mass is 10.1. The molecule has 1 aromatic carbocycles. The maximum absolute atomic E-state index is 12.3. The SMILES string of the molecule is CCOc1cc(/C=N\n2c(N)cc(C)cc2=O)ccc1OCC(=O)N1CCCCC1. The lowest BCUT2D eigenvalue weighted by Crippen LogP contribution is -2.38. The molecule has 1 saturated heterocycles. The zero-order valence-corrected chi connectivity index (χ0v) is 17.5. The topological polar surface area (TPSA) is 99.1 Å². The molecule has 2 aromatic rings. The average Bonchev–Trinajstić information content (AvgIpc) is 2.73. The van der Waals surface area contributed by atoms with E-state index in [9.17, 15) is 9.59 Å². The van der Waals surface area contributed by atoms with Gasteiger partial charge in [0.2, 0.25) is 0 Å². The van der Waals surface area contributed by atoms with Crippen LogP contribution in [0.1, 0.15) is 37.3 Å². The van der Waals surface area contributed by atoms with Gasteiger partial charge in [0.1, 0.15) is 5.82 Å². The molecule has 1 aliphatic rings. The number of hydrogen-bond donors (Lipinski definition) is 1. The fraction of sp³-hybridized carbons (Fsp3) is 0.409. The Labute approximate surface area is 175 Å². The van der Waals surface area contributed by atoms with Crippen LogP contribution in [0.15, 0.2) is 40.2 Å². The van der Waals surface area contributed by atoms with E-state index in [1.807, 2.05) is 11.8 Å². The summed E-state index contributed by atoms with van der Waals surface area (Å²) >= 11 is 0. The molecule has 1 fully saturated rings. The van der Waals surface area contributed by atoms with Gasteiger partial charge in [-0.3, -0.25) is 9.59 Å². The van der Waals surface area contributed by atoms with Gasteiger partial charge in [0, 0.05) is 19.2 Å². The van der Waals surface area contributed by atoms with Crippen LogP contribution in [0.25, 0.3) is 0 Å². The average molecular weight is 412 g/mol. The highest BCUT2D eigenvalue weighted by Gasteiger charge is 2.17. The minimum absolute atomic E-state index is 0.0167. The van der Waals surface area contributed by atoms with E-state index in [1.54, 1.807) is 31.2 Å². The van der Waals surface area contributed by atoms with Crippen LogP contribution >= 0.6 is 0 Å². The largest absolute Gasteiger partial charge is 0.490 e. The molecule has 3 rings (SSSR count). The smallest absolute Gasteiger partial charge is 0.273 e. The summed E-state index contributed by atoms with van der Waals surface area (Å²) in [5.74, 6) is 1.25. The van der Waals surface area contributed by atoms with Crippen molar-refractivity contribution in [3.8, 4) is 11.5 Å². The number of nitrogens with zero attached hydrogens (tertiary/aromatic N) is 3. The number of nitrogen functional groups attached to an aromatic ring is 1. The first-order chi connectivity index (χ1) is 14.5. The summed E-state index contributed by atoms with van der Waals surface area (Å²) in [7, 11) is 0. The third kappa shape index (κ3) is 5.40. The molecule has 1 amide bonds. The van der Waals surface area contributed by atoms with Gasteiger partial charge in [-0.1, -0.05) is 0 Å². The fourth-order valence-corrected chi connectivity index (χ4v) is 3.33. The highest BCUT2D eigenvalue weighted by Crippen LogP contribution is 2.28. The highest BCUT2D eigenvalue weighted by molar-refractivity contribution is 5.81. The number of nitrogens with two attached hydrogens (primary N) is 1. The van der Waals surface area contributed by atoms with Crippen molar-refractivity contribution in [3.05, 3.63) is 51.8 Å². The third-order valence-electron chi connectivity index (χ3n) is 4.83. The zero-order valence-electron chi connectivity index (χ0n) is 17.5. The van der Waals surface area contributed by atoms with Crippen molar-refractivity contribution in [3.63, 3.8) is 0 Å².